The van der Waals surface area contributed by atoms with Crippen molar-refractivity contribution in [2.24, 2.45) is 0 Å². The van der Waals surface area contributed by atoms with Gasteiger partial charge in [-0.05, 0) is 0 Å². The van der Waals surface area contributed by atoms with Crippen LogP contribution in [0.1, 0.15) is 5.56 Å². The summed E-state index contributed by atoms with van der Waals surface area (Å²) in [7, 11) is 0. The molecule has 9 heavy (non-hydrogen) atoms. The first-order chi connectivity index (χ1) is 3.79. The zero-order chi connectivity index (χ0) is 5.98. The molecule has 0 heterocycles. The van der Waals surface area contributed by atoms with Crippen molar-refractivity contribution in [1.29, 1.82) is 0 Å². The molecule has 0 amide bonds. The first kappa shape index (κ1) is 9.12. The van der Waals surface area contributed by atoms with Crippen molar-refractivity contribution in [3.63, 3.8) is 0 Å². The summed E-state index contributed by atoms with van der Waals surface area (Å²) < 4.78 is 0. The van der Waals surface area contributed by atoms with Crippen molar-refractivity contribution < 1.29 is 32.7 Å². The molecule has 0 spiro atoms. The maximum atomic E-state index is 5.40. The molecule has 0 unspecified atom stereocenters. The molecule has 0 aromatic heterocycles. The molecule has 0 bridgehead atoms. The van der Waals surface area contributed by atoms with Gasteiger partial charge in [0.15, 0.2) is 0 Å². The predicted molar refractivity (Wildman–Crippen MR) is 34.4 cm³/mol. The van der Waals surface area contributed by atoms with Gasteiger partial charge in [0.1, 0.15) is 0 Å². The molecule has 0 aliphatic carbocycles. The average molecular weight is 195 g/mol. The van der Waals surface area contributed by atoms with Crippen molar-refractivity contribution in [2.45, 2.75) is 6.92 Å². The van der Waals surface area contributed by atoms with Gasteiger partial charge in [-0.25, -0.2) is 0 Å². The van der Waals surface area contributed by atoms with Gasteiger partial charge in [0.05, 0.1) is 0 Å². The van der Waals surface area contributed by atoms with Crippen LogP contribution in [0.2, 0.25) is 0 Å². The van der Waals surface area contributed by atoms with E-state index in [2.05, 4.69) is 6.07 Å². The summed E-state index contributed by atoms with van der Waals surface area (Å²) in [6.07, 6.45) is 0. The van der Waals surface area contributed by atoms with Gasteiger partial charge < -0.3 is 5.73 Å². The van der Waals surface area contributed by atoms with Crippen LogP contribution in [0.15, 0.2) is 18.2 Å². The van der Waals surface area contributed by atoms with E-state index >= 15 is 0 Å². The predicted octanol–water partition coefficient (Wildman–Crippen LogP) is 1.37. The zero-order valence-corrected chi connectivity index (χ0v) is 8.23. The monoisotopic (exact) mass is 195 g/mol. The van der Waals surface area contributed by atoms with E-state index in [1.807, 2.05) is 25.1 Å². The third kappa shape index (κ3) is 2.97. The largest absolute Gasteiger partial charge is 0.420 e. The molecule has 0 aliphatic heterocycles. The summed E-state index contributed by atoms with van der Waals surface area (Å²) in [5.74, 6) is 0. The number of hydrogen-bond acceptors (Lipinski definition) is 1. The Kier molecular flexibility index (Phi) is 4.08. The molecule has 1 nitrogen and oxygen atoms in total. The van der Waals surface area contributed by atoms with Crippen molar-refractivity contribution in [1.82, 2.24) is 0 Å². The third-order valence-corrected chi connectivity index (χ3v) is 0.964. The number of rotatable bonds is 0. The minimum atomic E-state index is 0. The molecule has 0 saturated heterocycles. The van der Waals surface area contributed by atoms with Crippen LogP contribution in [0.3, 0.4) is 0 Å². The maximum absolute atomic E-state index is 5.40. The Morgan fingerprint density at radius 3 is 2.44 bits per heavy atom. The van der Waals surface area contributed by atoms with Crippen LogP contribution in [0.25, 0.3) is 0 Å². The number of nitrogens with two attached hydrogens (primary N) is 1. The maximum Gasteiger partial charge on any atom is 0 e. The molecular weight excluding hydrogens is 187 g/mol. The number of anilines is 1. The Morgan fingerprint density at radius 2 is 2.11 bits per heavy atom. The van der Waals surface area contributed by atoms with Crippen molar-refractivity contribution in [3.8, 4) is 0 Å². The van der Waals surface area contributed by atoms with E-state index in [4.69, 9.17) is 5.73 Å². The normalized spacial score (nSPS) is 8.11. The molecule has 1 aromatic carbocycles. The van der Waals surface area contributed by atoms with E-state index in [1.54, 1.807) is 0 Å². The Morgan fingerprint density at radius 1 is 1.44 bits per heavy atom. The Labute approximate surface area is 80.5 Å². The standard InChI is InChI=1S/C7H8N.Y/c1-6-3-2-4-7(8)5-6;/h2-4H,8H2,1H3;/q-1;. The molecule has 1 rings (SSSR count). The Bertz CT molecular complexity index is 169. The molecule has 2 N–H and O–H groups in total. The summed E-state index contributed by atoms with van der Waals surface area (Å²) in [6.45, 7) is 1.97. The summed E-state index contributed by atoms with van der Waals surface area (Å²) in [6, 6.07) is 8.66. The minimum Gasteiger partial charge on any atom is -0.420 e. The van der Waals surface area contributed by atoms with Crippen LogP contribution in [0, 0.1) is 13.0 Å². The van der Waals surface area contributed by atoms with E-state index in [1.165, 1.54) is 0 Å². The molecule has 0 aliphatic rings. The minimum absolute atomic E-state index is 0. The van der Waals surface area contributed by atoms with Gasteiger partial charge in [0, 0.05) is 32.7 Å². The van der Waals surface area contributed by atoms with E-state index in [9.17, 15) is 0 Å². The van der Waals surface area contributed by atoms with Crippen LogP contribution in [0.5, 0.6) is 0 Å². The van der Waals surface area contributed by atoms with E-state index in [-0.39, 0.29) is 32.7 Å². The second kappa shape index (κ2) is 4.02. The van der Waals surface area contributed by atoms with Gasteiger partial charge in [-0.1, -0.05) is 12.6 Å². The number of hydrogen-bond donors (Lipinski definition) is 1. The zero-order valence-electron chi connectivity index (χ0n) is 5.39. The van der Waals surface area contributed by atoms with Gasteiger partial charge in [-0.2, -0.15) is 23.8 Å². The fraction of sp³-hybridized carbons (Fsp3) is 0.143. The summed E-state index contributed by atoms with van der Waals surface area (Å²) in [4.78, 5) is 0. The molecule has 45 valence electrons. The second-order valence-corrected chi connectivity index (χ2v) is 1.79. The van der Waals surface area contributed by atoms with Crippen molar-refractivity contribution >= 4 is 5.69 Å². The van der Waals surface area contributed by atoms with E-state index in [0.29, 0.717) is 5.69 Å². The van der Waals surface area contributed by atoms with Crippen LogP contribution in [-0.2, 0) is 32.7 Å². The van der Waals surface area contributed by atoms with Crippen LogP contribution < -0.4 is 5.73 Å². The second-order valence-electron chi connectivity index (χ2n) is 1.79. The first-order valence-corrected chi connectivity index (χ1v) is 2.53. The fourth-order valence-electron chi connectivity index (χ4n) is 0.607. The van der Waals surface area contributed by atoms with Gasteiger partial charge >= 0.3 is 0 Å². The molecule has 0 atom stereocenters. The molecule has 0 saturated carbocycles. The molecular formula is C7H8NY-. The van der Waals surface area contributed by atoms with Crippen LogP contribution >= 0.6 is 0 Å². The van der Waals surface area contributed by atoms with Crippen molar-refractivity contribution in [3.05, 3.63) is 29.8 Å². The third-order valence-electron chi connectivity index (χ3n) is 0.964. The van der Waals surface area contributed by atoms with Gasteiger partial charge in [0.25, 0.3) is 0 Å². The number of aryl methyl sites for hydroxylation is 1. The molecule has 2 heteroatoms. The topological polar surface area (TPSA) is 26.0 Å². The van der Waals surface area contributed by atoms with Crippen LogP contribution in [0.4, 0.5) is 5.69 Å². The fourth-order valence-corrected chi connectivity index (χ4v) is 0.607. The smallest absolute Gasteiger partial charge is 0 e. The Hall–Kier alpha value is 0.124. The molecule has 1 aromatic rings. The van der Waals surface area contributed by atoms with Crippen molar-refractivity contribution in [2.75, 3.05) is 5.73 Å². The Balaban J connectivity index is 0.000000640. The quantitative estimate of drug-likeness (QED) is 0.491. The van der Waals surface area contributed by atoms with E-state index in [0.717, 1.165) is 5.56 Å². The van der Waals surface area contributed by atoms with Gasteiger partial charge in [-0.15, -0.1) is 6.07 Å². The van der Waals surface area contributed by atoms with Gasteiger partial charge in [-0.3, -0.25) is 0 Å². The molecule has 0 fully saturated rings. The SMILES string of the molecule is Cc1[c-]c(N)ccc1.[Y]. The summed E-state index contributed by atoms with van der Waals surface area (Å²) in [5.41, 5.74) is 7.20. The average Bonchev–Trinajstić information content (AvgIpc) is 1.64. The number of benzene rings is 1. The van der Waals surface area contributed by atoms with Gasteiger partial charge in [0.2, 0.25) is 0 Å². The molecule has 1 radical (unpaired) electrons. The summed E-state index contributed by atoms with van der Waals surface area (Å²) >= 11 is 0. The first-order valence-electron chi connectivity index (χ1n) is 2.53. The van der Waals surface area contributed by atoms with E-state index < -0.39 is 0 Å². The summed E-state index contributed by atoms with van der Waals surface area (Å²) in [5, 5.41) is 0. The van der Waals surface area contributed by atoms with Crippen LogP contribution in [-0.4, -0.2) is 0 Å². The number of nitrogen functional groups attached to an aromatic ring is 1.